The van der Waals surface area contributed by atoms with Gasteiger partial charge in [0.05, 0.1) is 11.9 Å². The van der Waals surface area contributed by atoms with E-state index in [0.29, 0.717) is 5.95 Å². The van der Waals surface area contributed by atoms with E-state index in [2.05, 4.69) is 39.8 Å². The van der Waals surface area contributed by atoms with Gasteiger partial charge in [-0.2, -0.15) is 0 Å². The Hall–Kier alpha value is -2.04. The van der Waals surface area contributed by atoms with Gasteiger partial charge >= 0.3 is 0 Å². The van der Waals surface area contributed by atoms with Gasteiger partial charge in [-0.15, -0.1) is 0 Å². The molecule has 18 heavy (non-hydrogen) atoms. The number of hydrogen-bond acceptors (Lipinski definition) is 4. The molecule has 2 rings (SSSR count). The van der Waals surface area contributed by atoms with Crippen LogP contribution in [0.4, 0.5) is 11.8 Å². The van der Waals surface area contributed by atoms with Crippen LogP contribution in [0.15, 0.2) is 24.5 Å². The molecule has 2 aromatic heterocycles. The van der Waals surface area contributed by atoms with Crippen LogP contribution in [-0.4, -0.2) is 28.0 Å². The molecule has 0 bridgehead atoms. The van der Waals surface area contributed by atoms with E-state index in [1.165, 1.54) is 0 Å². The van der Waals surface area contributed by atoms with Gasteiger partial charge in [0, 0.05) is 24.8 Å². The maximum atomic E-state index is 5.59. The predicted octanol–water partition coefficient (Wildman–Crippen LogP) is 2.29. The van der Waals surface area contributed by atoms with Crippen LogP contribution in [0.3, 0.4) is 0 Å². The predicted molar refractivity (Wildman–Crippen MR) is 74.4 cm³/mol. The number of imidazole rings is 1. The Kier molecular flexibility index (Phi) is 3.82. The molecule has 0 saturated carbocycles. The summed E-state index contributed by atoms with van der Waals surface area (Å²) < 4.78 is 0. The number of aromatic nitrogens is 3. The van der Waals surface area contributed by atoms with E-state index < -0.39 is 0 Å². The first kappa shape index (κ1) is 12.4. The van der Waals surface area contributed by atoms with Gasteiger partial charge in [-0.3, -0.25) is 0 Å². The second-order valence-electron chi connectivity index (χ2n) is 4.16. The van der Waals surface area contributed by atoms with Crippen molar-refractivity contribution in [2.75, 3.05) is 23.7 Å². The van der Waals surface area contributed by atoms with Gasteiger partial charge in [0.1, 0.15) is 5.82 Å². The van der Waals surface area contributed by atoms with E-state index in [-0.39, 0.29) is 0 Å². The summed E-state index contributed by atoms with van der Waals surface area (Å²) in [5, 5.41) is 0. The van der Waals surface area contributed by atoms with Crippen molar-refractivity contribution in [1.82, 2.24) is 15.0 Å². The van der Waals surface area contributed by atoms with E-state index in [1.54, 1.807) is 6.20 Å². The van der Waals surface area contributed by atoms with Crippen molar-refractivity contribution in [3.63, 3.8) is 0 Å². The molecule has 3 N–H and O–H groups in total. The van der Waals surface area contributed by atoms with Gasteiger partial charge in [-0.05, 0) is 25.5 Å². The van der Waals surface area contributed by atoms with Crippen molar-refractivity contribution < 1.29 is 0 Å². The first-order valence-corrected chi connectivity index (χ1v) is 6.26. The van der Waals surface area contributed by atoms with E-state index >= 15 is 0 Å². The summed E-state index contributed by atoms with van der Waals surface area (Å²) in [5.74, 6) is 1.43. The van der Waals surface area contributed by atoms with Gasteiger partial charge in [0.2, 0.25) is 0 Å². The average molecular weight is 245 g/mol. The minimum Gasteiger partial charge on any atom is -0.369 e. The average Bonchev–Trinajstić information content (AvgIpc) is 2.83. The molecule has 0 atom stereocenters. The number of rotatable bonds is 5. The fourth-order valence-electron chi connectivity index (χ4n) is 1.95. The highest BCUT2D eigenvalue weighted by atomic mass is 15.2. The number of pyridine rings is 1. The van der Waals surface area contributed by atoms with E-state index in [1.807, 2.05) is 12.3 Å². The Morgan fingerprint density at radius 1 is 1.33 bits per heavy atom. The van der Waals surface area contributed by atoms with Gasteiger partial charge in [0.15, 0.2) is 5.95 Å². The summed E-state index contributed by atoms with van der Waals surface area (Å²) in [6, 6.07) is 4.02. The Balaban J connectivity index is 2.29. The molecule has 0 aliphatic rings. The zero-order valence-corrected chi connectivity index (χ0v) is 10.8. The van der Waals surface area contributed by atoms with Crippen molar-refractivity contribution in [2.24, 2.45) is 0 Å². The SMILES string of the molecule is CCCN(CC)c1cc(-c2cnc(N)[nH]2)ccn1. The van der Waals surface area contributed by atoms with E-state index in [0.717, 1.165) is 36.6 Å². The van der Waals surface area contributed by atoms with Crippen LogP contribution in [0.25, 0.3) is 11.3 Å². The van der Waals surface area contributed by atoms with Gasteiger partial charge < -0.3 is 15.6 Å². The third-order valence-electron chi connectivity index (χ3n) is 2.85. The van der Waals surface area contributed by atoms with Gasteiger partial charge in [0.25, 0.3) is 0 Å². The van der Waals surface area contributed by atoms with Crippen LogP contribution in [0.1, 0.15) is 20.3 Å². The topological polar surface area (TPSA) is 70.8 Å². The van der Waals surface area contributed by atoms with Crippen LogP contribution in [-0.2, 0) is 0 Å². The summed E-state index contributed by atoms with van der Waals surface area (Å²) >= 11 is 0. The first-order chi connectivity index (χ1) is 8.74. The highest BCUT2D eigenvalue weighted by Gasteiger charge is 2.07. The monoisotopic (exact) mass is 245 g/mol. The molecule has 96 valence electrons. The lowest BCUT2D eigenvalue weighted by atomic mass is 10.2. The van der Waals surface area contributed by atoms with E-state index in [9.17, 15) is 0 Å². The second-order valence-corrected chi connectivity index (χ2v) is 4.16. The third-order valence-corrected chi connectivity index (χ3v) is 2.85. The van der Waals surface area contributed by atoms with Crippen molar-refractivity contribution in [1.29, 1.82) is 0 Å². The summed E-state index contributed by atoms with van der Waals surface area (Å²) in [5.41, 5.74) is 7.57. The molecular weight excluding hydrogens is 226 g/mol. The fourth-order valence-corrected chi connectivity index (χ4v) is 1.95. The summed E-state index contributed by atoms with van der Waals surface area (Å²) in [6.07, 6.45) is 4.67. The molecule has 0 saturated heterocycles. The van der Waals surface area contributed by atoms with Crippen LogP contribution in [0.5, 0.6) is 0 Å². The van der Waals surface area contributed by atoms with Crippen LogP contribution < -0.4 is 10.6 Å². The molecule has 0 amide bonds. The number of anilines is 2. The molecule has 0 fully saturated rings. The molecule has 5 heteroatoms. The van der Waals surface area contributed by atoms with Crippen LogP contribution >= 0.6 is 0 Å². The highest BCUT2D eigenvalue weighted by Crippen LogP contribution is 2.21. The molecule has 0 spiro atoms. The highest BCUT2D eigenvalue weighted by molar-refractivity contribution is 5.63. The second kappa shape index (κ2) is 5.53. The van der Waals surface area contributed by atoms with Crippen LogP contribution in [0, 0.1) is 0 Å². The van der Waals surface area contributed by atoms with Gasteiger partial charge in [-0.1, -0.05) is 6.92 Å². The van der Waals surface area contributed by atoms with Gasteiger partial charge in [-0.25, -0.2) is 9.97 Å². The molecule has 0 aromatic carbocycles. The van der Waals surface area contributed by atoms with E-state index in [4.69, 9.17) is 5.73 Å². The summed E-state index contributed by atoms with van der Waals surface area (Å²) in [7, 11) is 0. The van der Waals surface area contributed by atoms with Crippen molar-refractivity contribution in [3.05, 3.63) is 24.5 Å². The summed E-state index contributed by atoms with van der Waals surface area (Å²) in [6.45, 7) is 6.27. The Morgan fingerprint density at radius 3 is 2.78 bits per heavy atom. The Bertz CT molecular complexity index is 506. The van der Waals surface area contributed by atoms with Crippen molar-refractivity contribution in [3.8, 4) is 11.3 Å². The summed E-state index contributed by atoms with van der Waals surface area (Å²) in [4.78, 5) is 13.7. The Labute approximate surface area is 107 Å². The molecule has 2 heterocycles. The van der Waals surface area contributed by atoms with Crippen molar-refractivity contribution >= 4 is 11.8 Å². The molecule has 5 nitrogen and oxygen atoms in total. The normalized spacial score (nSPS) is 10.6. The zero-order valence-electron chi connectivity index (χ0n) is 10.8. The fraction of sp³-hybridized carbons (Fsp3) is 0.385. The molecule has 0 radical (unpaired) electrons. The number of nitrogens with one attached hydrogen (secondary N) is 1. The largest absolute Gasteiger partial charge is 0.369 e. The number of H-pyrrole nitrogens is 1. The number of aromatic amines is 1. The van der Waals surface area contributed by atoms with Crippen LogP contribution in [0.2, 0.25) is 0 Å². The van der Waals surface area contributed by atoms with Crippen molar-refractivity contribution in [2.45, 2.75) is 20.3 Å². The maximum Gasteiger partial charge on any atom is 0.197 e. The quantitative estimate of drug-likeness (QED) is 0.847. The molecule has 0 aliphatic carbocycles. The zero-order chi connectivity index (χ0) is 13.0. The molecule has 0 unspecified atom stereocenters. The number of nitrogens with two attached hydrogens (primary N) is 1. The number of nitrogen functional groups attached to an aromatic ring is 1. The maximum absolute atomic E-state index is 5.59. The number of nitrogens with zero attached hydrogens (tertiary/aromatic N) is 3. The minimum atomic E-state index is 0.435. The molecule has 2 aromatic rings. The number of hydrogen-bond donors (Lipinski definition) is 2. The molecule has 0 aliphatic heterocycles. The Morgan fingerprint density at radius 2 is 2.17 bits per heavy atom. The molecular formula is C13H19N5. The lowest BCUT2D eigenvalue weighted by molar-refractivity contribution is 0.779. The lowest BCUT2D eigenvalue weighted by Gasteiger charge is -2.21. The smallest absolute Gasteiger partial charge is 0.197 e. The lowest BCUT2D eigenvalue weighted by Crippen LogP contribution is -2.24. The third kappa shape index (κ3) is 2.61. The minimum absolute atomic E-state index is 0.435. The first-order valence-electron chi connectivity index (χ1n) is 6.26. The standard InChI is InChI=1S/C13H19N5/c1-3-7-18(4-2)12-8-10(5-6-15-12)11-9-16-13(14)17-11/h5-6,8-9H,3-4,7H2,1-2H3,(H3,14,16,17).